The quantitative estimate of drug-likeness (QED) is 0.503. The van der Waals surface area contributed by atoms with Crippen LogP contribution >= 0.6 is 0 Å². The number of aliphatic carboxylic acids is 1. The topological polar surface area (TPSA) is 83.5 Å². The zero-order valence-electron chi connectivity index (χ0n) is 6.66. The van der Waals surface area contributed by atoms with Gasteiger partial charge in [-0.2, -0.15) is 0 Å². The highest BCUT2D eigenvalue weighted by atomic mass is 16.4. The molecule has 0 spiro atoms. The number of hydrogen-bond donors (Lipinski definition) is 3. The summed E-state index contributed by atoms with van der Waals surface area (Å²) in [6, 6.07) is 0. The molecule has 4 heteroatoms. The van der Waals surface area contributed by atoms with Crippen molar-refractivity contribution in [3.63, 3.8) is 0 Å². The summed E-state index contributed by atoms with van der Waals surface area (Å²) < 4.78 is 0. The van der Waals surface area contributed by atoms with Crippen molar-refractivity contribution < 1.29 is 15.0 Å². The zero-order valence-corrected chi connectivity index (χ0v) is 6.66. The van der Waals surface area contributed by atoms with Gasteiger partial charge in [-0.1, -0.05) is 13.8 Å². The second-order valence-electron chi connectivity index (χ2n) is 3.63. The molecule has 1 aliphatic rings. The summed E-state index contributed by atoms with van der Waals surface area (Å²) in [6.07, 6.45) is 0. The molecule has 64 valence electrons. The Morgan fingerprint density at radius 1 is 1.64 bits per heavy atom. The van der Waals surface area contributed by atoms with Crippen molar-refractivity contribution >= 4 is 5.97 Å². The first-order valence-electron chi connectivity index (χ1n) is 3.52. The normalized spacial score (nSPS) is 40.2. The largest absolute Gasteiger partial charge is 0.480 e. The second-order valence-corrected chi connectivity index (χ2v) is 3.63. The average molecular weight is 159 g/mol. The molecule has 1 saturated carbocycles. The van der Waals surface area contributed by atoms with Crippen LogP contribution in [0.15, 0.2) is 0 Å². The van der Waals surface area contributed by atoms with Crippen molar-refractivity contribution in [2.75, 3.05) is 6.61 Å². The van der Waals surface area contributed by atoms with Crippen LogP contribution < -0.4 is 5.73 Å². The smallest absolute Gasteiger partial charge is 0.324 e. The molecule has 2 atom stereocenters. The van der Waals surface area contributed by atoms with Crippen molar-refractivity contribution in [1.29, 1.82) is 0 Å². The SMILES string of the molecule is CC1(C)C(CO)C1(N)C(=O)O. The summed E-state index contributed by atoms with van der Waals surface area (Å²) >= 11 is 0. The Labute approximate surface area is 65.0 Å². The highest BCUT2D eigenvalue weighted by Crippen LogP contribution is 2.59. The zero-order chi connectivity index (χ0) is 8.86. The van der Waals surface area contributed by atoms with E-state index in [-0.39, 0.29) is 12.5 Å². The van der Waals surface area contributed by atoms with Gasteiger partial charge in [0, 0.05) is 17.9 Å². The van der Waals surface area contributed by atoms with E-state index in [9.17, 15) is 4.79 Å². The van der Waals surface area contributed by atoms with Gasteiger partial charge >= 0.3 is 5.97 Å². The molecule has 1 fully saturated rings. The van der Waals surface area contributed by atoms with Gasteiger partial charge in [-0.15, -0.1) is 0 Å². The van der Waals surface area contributed by atoms with Crippen molar-refractivity contribution in [3.05, 3.63) is 0 Å². The van der Waals surface area contributed by atoms with E-state index in [1.54, 1.807) is 13.8 Å². The summed E-state index contributed by atoms with van der Waals surface area (Å²) in [7, 11) is 0. The fraction of sp³-hybridized carbons (Fsp3) is 0.857. The first-order valence-corrected chi connectivity index (χ1v) is 3.52. The lowest BCUT2D eigenvalue weighted by molar-refractivity contribution is -0.141. The van der Waals surface area contributed by atoms with Crippen molar-refractivity contribution in [2.24, 2.45) is 17.1 Å². The van der Waals surface area contributed by atoms with Crippen LogP contribution in [0, 0.1) is 11.3 Å². The molecule has 0 aromatic heterocycles. The molecular formula is C7H13NO3. The molecule has 0 amide bonds. The van der Waals surface area contributed by atoms with E-state index in [4.69, 9.17) is 15.9 Å². The molecule has 0 saturated heterocycles. The molecule has 4 N–H and O–H groups in total. The third kappa shape index (κ3) is 0.736. The van der Waals surface area contributed by atoms with E-state index >= 15 is 0 Å². The van der Waals surface area contributed by atoms with E-state index in [1.165, 1.54) is 0 Å². The highest BCUT2D eigenvalue weighted by Gasteiger charge is 2.73. The number of carbonyl (C=O) groups is 1. The van der Waals surface area contributed by atoms with E-state index in [0.717, 1.165) is 0 Å². The molecule has 0 bridgehead atoms. The van der Waals surface area contributed by atoms with Crippen LogP contribution in [-0.2, 0) is 4.79 Å². The highest BCUT2D eigenvalue weighted by molar-refractivity contribution is 5.85. The summed E-state index contributed by atoms with van der Waals surface area (Å²) in [5.74, 6) is -1.34. The molecule has 1 rings (SSSR count). The third-order valence-electron chi connectivity index (χ3n) is 2.94. The predicted octanol–water partition coefficient (Wildman–Crippen LogP) is -0.583. The first-order chi connectivity index (χ1) is 4.89. The summed E-state index contributed by atoms with van der Waals surface area (Å²) in [4.78, 5) is 10.6. The molecule has 0 heterocycles. The Morgan fingerprint density at radius 2 is 2.09 bits per heavy atom. The monoisotopic (exact) mass is 159 g/mol. The molecule has 11 heavy (non-hydrogen) atoms. The average Bonchev–Trinajstić information content (AvgIpc) is 2.29. The number of carboxylic acids is 1. The third-order valence-corrected chi connectivity index (χ3v) is 2.94. The van der Waals surface area contributed by atoms with E-state index in [0.29, 0.717) is 0 Å². The number of aliphatic hydroxyl groups is 1. The first kappa shape index (κ1) is 8.49. The van der Waals surface area contributed by atoms with Crippen LogP contribution in [0.4, 0.5) is 0 Å². The lowest BCUT2D eigenvalue weighted by Gasteiger charge is -2.06. The Balaban J connectivity index is 2.86. The standard InChI is InChI=1S/C7H13NO3/c1-6(2)4(3-9)7(6,8)5(10)11/h4,9H,3,8H2,1-2H3,(H,10,11). The molecule has 4 nitrogen and oxygen atoms in total. The van der Waals surface area contributed by atoms with Gasteiger partial charge in [0.2, 0.25) is 0 Å². The summed E-state index contributed by atoms with van der Waals surface area (Å²) in [5.41, 5.74) is 3.86. The van der Waals surface area contributed by atoms with Crippen LogP contribution in [0.5, 0.6) is 0 Å². The Bertz CT molecular complexity index is 202. The molecule has 1 aliphatic carbocycles. The van der Waals surface area contributed by atoms with Gasteiger partial charge in [-0.3, -0.25) is 4.79 Å². The van der Waals surface area contributed by atoms with E-state index in [1.807, 2.05) is 0 Å². The maximum atomic E-state index is 10.6. The van der Waals surface area contributed by atoms with E-state index in [2.05, 4.69) is 0 Å². The summed E-state index contributed by atoms with van der Waals surface area (Å²) in [5, 5.41) is 17.5. The fourth-order valence-electron chi connectivity index (χ4n) is 1.70. The molecule has 2 unspecified atom stereocenters. The van der Waals surface area contributed by atoms with Gasteiger partial charge in [0.15, 0.2) is 0 Å². The van der Waals surface area contributed by atoms with Gasteiger partial charge in [0.05, 0.1) is 0 Å². The second kappa shape index (κ2) is 1.95. The minimum absolute atomic E-state index is 0.157. The summed E-state index contributed by atoms with van der Waals surface area (Å²) in [6.45, 7) is 3.35. The molecule has 0 aliphatic heterocycles. The van der Waals surface area contributed by atoms with Gasteiger partial charge in [0.25, 0.3) is 0 Å². The Morgan fingerprint density at radius 3 is 2.18 bits per heavy atom. The minimum Gasteiger partial charge on any atom is -0.480 e. The van der Waals surface area contributed by atoms with Crippen LogP contribution in [0.2, 0.25) is 0 Å². The van der Waals surface area contributed by atoms with Crippen molar-refractivity contribution in [2.45, 2.75) is 19.4 Å². The molecule has 0 aromatic carbocycles. The predicted molar refractivity (Wildman–Crippen MR) is 38.9 cm³/mol. The Hall–Kier alpha value is -0.610. The fourth-order valence-corrected chi connectivity index (χ4v) is 1.70. The maximum absolute atomic E-state index is 10.6. The Kier molecular flexibility index (Phi) is 1.51. The van der Waals surface area contributed by atoms with Gasteiger partial charge in [-0.25, -0.2) is 0 Å². The van der Waals surface area contributed by atoms with Crippen LogP contribution in [-0.4, -0.2) is 28.3 Å². The van der Waals surface area contributed by atoms with Crippen LogP contribution in [0.25, 0.3) is 0 Å². The van der Waals surface area contributed by atoms with Crippen LogP contribution in [0.1, 0.15) is 13.8 Å². The van der Waals surface area contributed by atoms with Gasteiger partial charge < -0.3 is 15.9 Å². The van der Waals surface area contributed by atoms with Crippen LogP contribution in [0.3, 0.4) is 0 Å². The minimum atomic E-state index is -1.22. The van der Waals surface area contributed by atoms with Crippen molar-refractivity contribution in [3.8, 4) is 0 Å². The lowest BCUT2D eigenvalue weighted by atomic mass is 10.1. The number of carboxylic acid groups (broad SMARTS) is 1. The van der Waals surface area contributed by atoms with E-state index < -0.39 is 16.9 Å². The lowest BCUT2D eigenvalue weighted by Crippen LogP contribution is -2.39. The van der Waals surface area contributed by atoms with Crippen molar-refractivity contribution in [1.82, 2.24) is 0 Å². The molecular weight excluding hydrogens is 146 g/mol. The molecule has 0 aromatic rings. The number of aliphatic hydroxyl groups excluding tert-OH is 1. The van der Waals surface area contributed by atoms with Gasteiger partial charge in [-0.05, 0) is 0 Å². The van der Waals surface area contributed by atoms with Gasteiger partial charge in [0.1, 0.15) is 5.54 Å². The molecule has 0 radical (unpaired) electrons. The number of hydrogen-bond acceptors (Lipinski definition) is 3. The number of nitrogens with two attached hydrogens (primary N) is 1. The maximum Gasteiger partial charge on any atom is 0.324 e. The number of rotatable bonds is 2.